The van der Waals surface area contributed by atoms with E-state index in [1.807, 2.05) is 65.3 Å². The number of methoxy groups -OCH3 is 2. The molecule has 0 amide bonds. The molecule has 0 saturated carbocycles. The smallest absolute Gasteiger partial charge is 0.226 e. The van der Waals surface area contributed by atoms with E-state index in [1.165, 1.54) is 0 Å². The summed E-state index contributed by atoms with van der Waals surface area (Å²) in [7, 11) is 3.36. The van der Waals surface area contributed by atoms with Gasteiger partial charge in [-0.05, 0) is 24.3 Å². The summed E-state index contributed by atoms with van der Waals surface area (Å²) in [5, 5.41) is 8.09. The Kier molecular flexibility index (Phi) is 4.54. The Bertz CT molecular complexity index is 1380. The zero-order valence-corrected chi connectivity index (χ0v) is 18.2. The molecule has 164 valence electrons. The lowest BCUT2D eigenvalue weighted by atomic mass is 9.84. The van der Waals surface area contributed by atoms with Crippen LogP contribution in [0, 0.1) is 0 Å². The predicted octanol–water partition coefficient (Wildman–Crippen LogP) is 4.86. The van der Waals surface area contributed by atoms with E-state index < -0.39 is 6.10 Å². The van der Waals surface area contributed by atoms with Crippen molar-refractivity contribution in [3.63, 3.8) is 0 Å². The number of hydrogen-bond donors (Lipinski definition) is 1. The summed E-state index contributed by atoms with van der Waals surface area (Å²) >= 11 is 0. The van der Waals surface area contributed by atoms with Crippen LogP contribution in [0.5, 0.6) is 17.2 Å². The van der Waals surface area contributed by atoms with Crippen LogP contribution in [0.3, 0.4) is 0 Å². The van der Waals surface area contributed by atoms with E-state index in [1.54, 1.807) is 20.5 Å². The van der Waals surface area contributed by atoms with Gasteiger partial charge in [-0.3, -0.25) is 0 Å². The number of hydrogen-bond acceptors (Lipinski definition) is 6. The van der Waals surface area contributed by atoms with Crippen molar-refractivity contribution in [3.8, 4) is 17.2 Å². The molecule has 2 aliphatic rings. The van der Waals surface area contributed by atoms with Gasteiger partial charge in [0.05, 0.1) is 19.9 Å². The highest BCUT2D eigenvalue weighted by atomic mass is 16.5. The Morgan fingerprint density at radius 1 is 0.848 bits per heavy atom. The van der Waals surface area contributed by atoms with Crippen LogP contribution in [0.2, 0.25) is 0 Å². The fourth-order valence-corrected chi connectivity index (χ4v) is 4.75. The van der Waals surface area contributed by atoms with Gasteiger partial charge >= 0.3 is 0 Å². The van der Waals surface area contributed by atoms with Crippen molar-refractivity contribution in [1.82, 2.24) is 14.8 Å². The molecule has 0 bridgehead atoms. The molecule has 1 aromatic heterocycles. The van der Waals surface area contributed by atoms with Gasteiger partial charge in [0.1, 0.15) is 29.6 Å². The second kappa shape index (κ2) is 7.70. The number of nitrogens with one attached hydrogen (secondary N) is 1. The fraction of sp³-hybridized carbons (Fsp3) is 0.154. The van der Waals surface area contributed by atoms with Crippen LogP contribution in [-0.2, 0) is 0 Å². The molecule has 6 rings (SSSR count). The largest absolute Gasteiger partial charge is 0.496 e. The van der Waals surface area contributed by atoms with Crippen molar-refractivity contribution >= 4 is 11.6 Å². The third-order valence-corrected chi connectivity index (χ3v) is 6.18. The summed E-state index contributed by atoms with van der Waals surface area (Å²) in [6.07, 6.45) is 1.15. The van der Waals surface area contributed by atoms with Gasteiger partial charge in [0.15, 0.2) is 6.10 Å². The summed E-state index contributed by atoms with van der Waals surface area (Å²) in [4.78, 5) is 4.48. The monoisotopic (exact) mass is 438 g/mol. The molecule has 2 atom stereocenters. The molecule has 3 aromatic carbocycles. The van der Waals surface area contributed by atoms with E-state index in [9.17, 15) is 0 Å². The number of nitrogens with zero attached hydrogens (tertiary/aromatic N) is 3. The van der Waals surface area contributed by atoms with Gasteiger partial charge in [-0.15, -0.1) is 0 Å². The number of benzene rings is 3. The summed E-state index contributed by atoms with van der Waals surface area (Å²) in [6, 6.07) is 23.7. The fourth-order valence-electron chi connectivity index (χ4n) is 4.75. The highest BCUT2D eigenvalue weighted by Crippen LogP contribution is 2.52. The van der Waals surface area contributed by atoms with Crippen LogP contribution >= 0.6 is 0 Å². The highest BCUT2D eigenvalue weighted by molar-refractivity contribution is 5.85. The molecule has 7 heteroatoms. The van der Waals surface area contributed by atoms with Crippen molar-refractivity contribution in [2.24, 2.45) is 0 Å². The zero-order chi connectivity index (χ0) is 22.4. The number of rotatable bonds is 4. The molecule has 7 nitrogen and oxygen atoms in total. The van der Waals surface area contributed by atoms with Crippen molar-refractivity contribution in [2.75, 3.05) is 19.5 Å². The number of aromatic nitrogens is 3. The second-order valence-electron chi connectivity index (χ2n) is 7.86. The number of anilines is 1. The average Bonchev–Trinajstić information content (AvgIpc) is 3.35. The minimum atomic E-state index is -0.411. The molecule has 0 unspecified atom stereocenters. The SMILES string of the molecule is COc1ccccc1[C@@H]1Oc2ccccc2C2=C1[C@H](c1ccccc1OC)n1ncnc1N2. The van der Waals surface area contributed by atoms with Crippen molar-refractivity contribution in [3.05, 3.63) is 101 Å². The van der Waals surface area contributed by atoms with Gasteiger partial charge in [-0.2, -0.15) is 10.1 Å². The second-order valence-corrected chi connectivity index (χ2v) is 7.86. The molecular weight excluding hydrogens is 416 g/mol. The van der Waals surface area contributed by atoms with E-state index in [2.05, 4.69) is 27.5 Å². The molecule has 0 spiro atoms. The van der Waals surface area contributed by atoms with Crippen LogP contribution in [0.25, 0.3) is 5.70 Å². The Morgan fingerprint density at radius 2 is 1.52 bits per heavy atom. The van der Waals surface area contributed by atoms with Gasteiger partial charge in [0.2, 0.25) is 5.95 Å². The summed E-state index contributed by atoms with van der Waals surface area (Å²) in [5.41, 5.74) is 4.87. The van der Waals surface area contributed by atoms with Crippen LogP contribution in [-0.4, -0.2) is 29.0 Å². The molecule has 4 aromatic rings. The average molecular weight is 438 g/mol. The maximum atomic E-state index is 6.67. The summed E-state index contributed by atoms with van der Waals surface area (Å²) < 4.78 is 20.0. The molecule has 2 aliphatic heterocycles. The van der Waals surface area contributed by atoms with Crippen LogP contribution < -0.4 is 19.5 Å². The first-order chi connectivity index (χ1) is 16.3. The molecular formula is C26H22N4O3. The van der Waals surface area contributed by atoms with E-state index in [0.29, 0.717) is 5.95 Å². The zero-order valence-electron chi connectivity index (χ0n) is 18.2. The summed E-state index contributed by atoms with van der Waals surface area (Å²) in [6.45, 7) is 0. The van der Waals surface area contributed by atoms with Crippen molar-refractivity contribution in [2.45, 2.75) is 12.1 Å². The Morgan fingerprint density at radius 3 is 2.30 bits per heavy atom. The molecule has 1 N–H and O–H groups in total. The molecule has 33 heavy (non-hydrogen) atoms. The quantitative estimate of drug-likeness (QED) is 0.491. The van der Waals surface area contributed by atoms with Crippen LogP contribution in [0.1, 0.15) is 28.8 Å². The molecule has 0 saturated heterocycles. The Hall–Kier alpha value is -4.26. The van der Waals surface area contributed by atoms with Crippen molar-refractivity contribution in [1.29, 1.82) is 0 Å². The van der Waals surface area contributed by atoms with Crippen LogP contribution in [0.15, 0.2) is 84.7 Å². The number of ether oxygens (including phenoxy) is 3. The third-order valence-electron chi connectivity index (χ3n) is 6.18. The lowest BCUT2D eigenvalue weighted by molar-refractivity contribution is 0.217. The molecule has 0 fully saturated rings. The number of fused-ring (bicyclic) bond motifs is 3. The first kappa shape index (κ1) is 19.4. The maximum Gasteiger partial charge on any atom is 0.226 e. The van der Waals surface area contributed by atoms with Gasteiger partial charge < -0.3 is 19.5 Å². The molecule has 0 aliphatic carbocycles. The summed E-state index contributed by atoms with van der Waals surface area (Å²) in [5.74, 6) is 3.00. The standard InChI is InChI=1S/C26H22N4O3/c1-31-19-12-6-4-10-17(19)24-22-23(29-26-27-15-28-30(24)26)16-9-3-8-14-21(16)33-25(22)18-11-5-7-13-20(18)32-2/h3-15,24-25H,1-2H3,(H,27,28,29)/t24-,25-/m0/s1. The topological polar surface area (TPSA) is 70.4 Å². The van der Waals surface area contributed by atoms with E-state index in [0.717, 1.165) is 45.2 Å². The Labute approximate surface area is 191 Å². The predicted molar refractivity (Wildman–Crippen MR) is 125 cm³/mol. The third kappa shape index (κ3) is 2.96. The molecule has 3 heterocycles. The first-order valence-corrected chi connectivity index (χ1v) is 10.7. The number of para-hydroxylation sites is 3. The lowest BCUT2D eigenvalue weighted by Gasteiger charge is -2.39. The van der Waals surface area contributed by atoms with Gasteiger partial charge in [0, 0.05) is 22.3 Å². The molecule has 0 radical (unpaired) electrons. The minimum absolute atomic E-state index is 0.293. The van der Waals surface area contributed by atoms with Gasteiger partial charge in [-0.1, -0.05) is 48.5 Å². The van der Waals surface area contributed by atoms with Crippen molar-refractivity contribution < 1.29 is 14.2 Å². The van der Waals surface area contributed by atoms with E-state index in [-0.39, 0.29) is 6.04 Å². The van der Waals surface area contributed by atoms with Gasteiger partial charge in [0.25, 0.3) is 0 Å². The minimum Gasteiger partial charge on any atom is -0.496 e. The first-order valence-electron chi connectivity index (χ1n) is 10.7. The Balaban J connectivity index is 1.66. The normalized spacial score (nSPS) is 18.4. The lowest BCUT2D eigenvalue weighted by Crippen LogP contribution is -2.32. The maximum absolute atomic E-state index is 6.67. The van der Waals surface area contributed by atoms with Crippen LogP contribution in [0.4, 0.5) is 5.95 Å². The van der Waals surface area contributed by atoms with Gasteiger partial charge in [-0.25, -0.2) is 4.68 Å². The highest BCUT2D eigenvalue weighted by Gasteiger charge is 2.42. The van der Waals surface area contributed by atoms with E-state index >= 15 is 0 Å². The van der Waals surface area contributed by atoms with E-state index in [4.69, 9.17) is 14.2 Å².